The highest BCUT2D eigenvalue weighted by Crippen LogP contribution is 2.15. The molecule has 0 saturated carbocycles. The lowest BCUT2D eigenvalue weighted by atomic mass is 10.0. The van der Waals surface area contributed by atoms with Crippen LogP contribution in [-0.2, 0) is 4.74 Å². The summed E-state index contributed by atoms with van der Waals surface area (Å²) in [6.45, 7) is 4.49. The monoisotopic (exact) mass is 344 g/mol. The van der Waals surface area contributed by atoms with E-state index in [9.17, 15) is 5.11 Å². The van der Waals surface area contributed by atoms with Gasteiger partial charge in [-0.25, -0.2) is 0 Å². The van der Waals surface area contributed by atoms with Crippen molar-refractivity contribution in [2.45, 2.75) is 122 Å². The Morgan fingerprint density at radius 1 is 0.667 bits per heavy atom. The number of hydrogen-bond donors (Lipinski definition) is 2. The van der Waals surface area contributed by atoms with Crippen molar-refractivity contribution in [3.63, 3.8) is 0 Å². The van der Waals surface area contributed by atoms with Crippen molar-refractivity contribution in [1.29, 1.82) is 0 Å². The summed E-state index contributed by atoms with van der Waals surface area (Å²) in [6.07, 6.45) is 19.2. The van der Waals surface area contributed by atoms with Gasteiger partial charge in [-0.15, -0.1) is 0 Å². The quantitative estimate of drug-likeness (QED) is 0.299. The van der Waals surface area contributed by atoms with Crippen LogP contribution in [-0.4, -0.2) is 35.6 Å². The molecule has 0 aromatic carbocycles. The molecule has 0 rings (SSSR count). The molecule has 3 heteroatoms. The average molecular weight is 345 g/mol. The molecule has 0 aromatic rings. The minimum absolute atomic E-state index is 0.211. The van der Waals surface area contributed by atoms with E-state index >= 15 is 0 Å². The fourth-order valence-electron chi connectivity index (χ4n) is 3.15. The number of aliphatic hydroxyl groups excluding tert-OH is 2. The van der Waals surface area contributed by atoms with Gasteiger partial charge in [-0.05, 0) is 12.8 Å². The third kappa shape index (κ3) is 16.7. The summed E-state index contributed by atoms with van der Waals surface area (Å²) in [5.74, 6) is 0. The van der Waals surface area contributed by atoms with Crippen molar-refractivity contribution in [1.82, 2.24) is 0 Å². The highest BCUT2D eigenvalue weighted by atomic mass is 16.5. The zero-order valence-electron chi connectivity index (χ0n) is 16.5. The zero-order valence-corrected chi connectivity index (χ0v) is 16.5. The number of unbranched alkanes of at least 4 members (excludes halogenated alkanes) is 11. The Balaban J connectivity index is 3.38. The summed E-state index contributed by atoms with van der Waals surface area (Å²) >= 11 is 0. The van der Waals surface area contributed by atoms with Crippen LogP contribution < -0.4 is 0 Å². The molecule has 0 aliphatic rings. The fraction of sp³-hybridized carbons (Fsp3) is 1.00. The first-order chi connectivity index (χ1) is 11.7. The first-order valence-corrected chi connectivity index (χ1v) is 10.6. The molecule has 0 aromatic heterocycles. The van der Waals surface area contributed by atoms with Gasteiger partial charge in [0.2, 0.25) is 0 Å². The normalized spacial score (nSPS) is 14.0. The van der Waals surface area contributed by atoms with Crippen LogP contribution in [0.4, 0.5) is 0 Å². The number of hydrogen-bond acceptors (Lipinski definition) is 3. The van der Waals surface area contributed by atoms with Crippen LogP contribution in [0.1, 0.15) is 110 Å². The highest BCUT2D eigenvalue weighted by molar-refractivity contribution is 4.60. The van der Waals surface area contributed by atoms with Crippen molar-refractivity contribution < 1.29 is 14.9 Å². The second-order valence-electron chi connectivity index (χ2n) is 7.26. The van der Waals surface area contributed by atoms with E-state index in [1.54, 1.807) is 0 Å². The van der Waals surface area contributed by atoms with Crippen LogP contribution in [0.25, 0.3) is 0 Å². The summed E-state index contributed by atoms with van der Waals surface area (Å²) in [5.41, 5.74) is 0. The van der Waals surface area contributed by atoms with E-state index in [1.165, 1.54) is 77.0 Å². The van der Waals surface area contributed by atoms with E-state index < -0.39 is 6.10 Å². The maximum atomic E-state index is 9.37. The van der Waals surface area contributed by atoms with Crippen molar-refractivity contribution >= 4 is 0 Å². The molecular weight excluding hydrogens is 300 g/mol. The molecular formula is C21H44O3. The average Bonchev–Trinajstić information content (AvgIpc) is 2.60. The maximum Gasteiger partial charge on any atom is 0.100 e. The van der Waals surface area contributed by atoms with E-state index in [2.05, 4.69) is 13.8 Å². The first kappa shape index (κ1) is 23.9. The standard InChI is InChI=1S/C21H44O3/c1-3-5-6-7-8-9-10-11-12-13-14-15-17-21(16-4-2)24-19-20(23)18-22/h20-23H,3-19H2,1-2H3. The highest BCUT2D eigenvalue weighted by Gasteiger charge is 2.10. The van der Waals surface area contributed by atoms with Gasteiger partial charge in [0.05, 0.1) is 19.3 Å². The van der Waals surface area contributed by atoms with Gasteiger partial charge in [-0.2, -0.15) is 0 Å². The summed E-state index contributed by atoms with van der Waals surface area (Å²) in [6, 6.07) is 0. The Morgan fingerprint density at radius 2 is 1.17 bits per heavy atom. The Morgan fingerprint density at radius 3 is 1.62 bits per heavy atom. The molecule has 0 bridgehead atoms. The molecule has 0 aliphatic carbocycles. The predicted octanol–water partition coefficient (Wildman–Crippen LogP) is 5.62. The van der Waals surface area contributed by atoms with Crippen LogP contribution in [0.2, 0.25) is 0 Å². The molecule has 2 N–H and O–H groups in total. The van der Waals surface area contributed by atoms with E-state index in [1.807, 2.05) is 0 Å². The molecule has 0 amide bonds. The molecule has 0 radical (unpaired) electrons. The largest absolute Gasteiger partial charge is 0.394 e. The Bertz CT molecular complexity index is 233. The third-order valence-electron chi connectivity index (χ3n) is 4.73. The lowest BCUT2D eigenvalue weighted by Crippen LogP contribution is -2.24. The molecule has 0 fully saturated rings. The van der Waals surface area contributed by atoms with Crippen LogP contribution in [0, 0.1) is 0 Å². The molecule has 0 spiro atoms. The molecule has 146 valence electrons. The Kier molecular flexibility index (Phi) is 19.1. The lowest BCUT2D eigenvalue weighted by molar-refractivity contribution is -0.0345. The van der Waals surface area contributed by atoms with E-state index in [0.717, 1.165) is 19.3 Å². The molecule has 0 heterocycles. The maximum absolute atomic E-state index is 9.37. The summed E-state index contributed by atoms with van der Waals surface area (Å²) in [7, 11) is 0. The van der Waals surface area contributed by atoms with Crippen LogP contribution in [0.5, 0.6) is 0 Å². The van der Waals surface area contributed by atoms with Gasteiger partial charge in [0.15, 0.2) is 0 Å². The minimum atomic E-state index is -0.730. The Hall–Kier alpha value is -0.120. The Labute approximate surface area is 151 Å². The molecule has 2 unspecified atom stereocenters. The van der Waals surface area contributed by atoms with Crippen molar-refractivity contribution in [2.24, 2.45) is 0 Å². The van der Waals surface area contributed by atoms with Gasteiger partial charge < -0.3 is 14.9 Å². The van der Waals surface area contributed by atoms with Gasteiger partial charge in [0.1, 0.15) is 6.10 Å². The van der Waals surface area contributed by atoms with Crippen molar-refractivity contribution in [3.8, 4) is 0 Å². The van der Waals surface area contributed by atoms with Gasteiger partial charge in [-0.1, -0.05) is 97.3 Å². The first-order valence-electron chi connectivity index (χ1n) is 10.6. The van der Waals surface area contributed by atoms with Crippen LogP contribution >= 0.6 is 0 Å². The SMILES string of the molecule is CCCCCCCCCCCCCCC(CCC)OCC(O)CO. The summed E-state index contributed by atoms with van der Waals surface area (Å²) < 4.78 is 5.73. The third-order valence-corrected chi connectivity index (χ3v) is 4.73. The second-order valence-corrected chi connectivity index (χ2v) is 7.26. The number of aliphatic hydroxyl groups is 2. The second kappa shape index (κ2) is 19.2. The molecule has 0 saturated heterocycles. The van der Waals surface area contributed by atoms with Crippen LogP contribution in [0.15, 0.2) is 0 Å². The lowest BCUT2D eigenvalue weighted by Gasteiger charge is -2.18. The van der Waals surface area contributed by atoms with E-state index in [0.29, 0.717) is 0 Å². The van der Waals surface area contributed by atoms with Crippen molar-refractivity contribution in [3.05, 3.63) is 0 Å². The van der Waals surface area contributed by atoms with Gasteiger partial charge in [-0.3, -0.25) is 0 Å². The zero-order chi connectivity index (χ0) is 17.9. The smallest absolute Gasteiger partial charge is 0.100 e. The number of ether oxygens (including phenoxy) is 1. The van der Waals surface area contributed by atoms with E-state index in [4.69, 9.17) is 9.84 Å². The minimum Gasteiger partial charge on any atom is -0.394 e. The summed E-state index contributed by atoms with van der Waals surface area (Å²) in [5, 5.41) is 18.2. The van der Waals surface area contributed by atoms with Gasteiger partial charge in [0, 0.05) is 0 Å². The van der Waals surface area contributed by atoms with E-state index in [-0.39, 0.29) is 19.3 Å². The summed E-state index contributed by atoms with van der Waals surface area (Å²) in [4.78, 5) is 0. The topological polar surface area (TPSA) is 49.7 Å². The molecule has 24 heavy (non-hydrogen) atoms. The van der Waals surface area contributed by atoms with Gasteiger partial charge >= 0.3 is 0 Å². The van der Waals surface area contributed by atoms with Crippen LogP contribution in [0.3, 0.4) is 0 Å². The molecule has 2 atom stereocenters. The molecule has 0 aliphatic heterocycles. The molecule has 3 nitrogen and oxygen atoms in total. The number of rotatable bonds is 19. The fourth-order valence-corrected chi connectivity index (χ4v) is 3.15. The predicted molar refractivity (Wildman–Crippen MR) is 103 cm³/mol. The van der Waals surface area contributed by atoms with Crippen molar-refractivity contribution in [2.75, 3.05) is 13.2 Å². The van der Waals surface area contributed by atoms with Gasteiger partial charge in [0.25, 0.3) is 0 Å².